The summed E-state index contributed by atoms with van der Waals surface area (Å²) in [6.07, 6.45) is 3.56. The molecule has 1 saturated heterocycles. The number of aryl methyl sites for hydroxylation is 1. The molecule has 1 aromatic carbocycles. The SMILES string of the molecule is Nc1nc[n+](CCC2CCN(C(=O)O)CC2)c2nc(Sc3cc4c(cc3Br)OCO4)[nH]c12. The molecule has 0 radical (unpaired) electrons. The first-order chi connectivity index (χ1) is 15.5. The second-order valence-electron chi connectivity index (χ2n) is 7.80. The molecule has 0 atom stereocenters. The lowest BCUT2D eigenvalue weighted by Gasteiger charge is -2.29. The first-order valence-electron chi connectivity index (χ1n) is 10.3. The molecule has 10 nitrogen and oxygen atoms in total. The number of piperidine rings is 1. The number of rotatable bonds is 5. The number of aromatic nitrogens is 4. The predicted molar refractivity (Wildman–Crippen MR) is 120 cm³/mol. The highest BCUT2D eigenvalue weighted by Crippen LogP contribution is 2.42. The van der Waals surface area contributed by atoms with Crippen molar-refractivity contribution in [2.24, 2.45) is 5.92 Å². The molecule has 1 fully saturated rings. The van der Waals surface area contributed by atoms with Gasteiger partial charge in [-0.2, -0.15) is 0 Å². The van der Waals surface area contributed by atoms with E-state index in [1.165, 1.54) is 16.7 Å². The number of nitrogens with zero attached hydrogens (tertiary/aromatic N) is 4. The van der Waals surface area contributed by atoms with E-state index in [-0.39, 0.29) is 6.79 Å². The monoisotopic (exact) mass is 521 g/mol. The molecular formula is C20H22BrN6O4S+. The molecule has 2 aliphatic heterocycles. The molecule has 0 spiro atoms. The van der Waals surface area contributed by atoms with E-state index in [4.69, 9.17) is 25.3 Å². The van der Waals surface area contributed by atoms with E-state index >= 15 is 0 Å². The topological polar surface area (TPSA) is 130 Å². The molecule has 2 aromatic heterocycles. The number of imidazole rings is 1. The van der Waals surface area contributed by atoms with Crippen LogP contribution in [-0.2, 0) is 6.54 Å². The number of amides is 1. The summed E-state index contributed by atoms with van der Waals surface area (Å²) in [6.45, 7) is 2.14. The number of hydrogen-bond acceptors (Lipinski definition) is 7. The Bertz CT molecular complexity index is 1180. The standard InChI is InChI=1S/C20H21BrN6O4S/c21-12-7-13-14(31-10-30-13)8-15(12)32-19-24-16-17(22)23-9-27(18(16)25-19)6-3-11-1-4-26(5-2-11)20(28)29/h7-9,11H,1-6,10H2,(H3,22,24,25,28,29)/p+1. The van der Waals surface area contributed by atoms with E-state index in [2.05, 4.69) is 25.9 Å². The van der Waals surface area contributed by atoms with Crippen LogP contribution in [0.3, 0.4) is 0 Å². The van der Waals surface area contributed by atoms with E-state index in [9.17, 15) is 4.79 Å². The normalized spacial score (nSPS) is 16.1. The van der Waals surface area contributed by atoms with Crippen molar-refractivity contribution in [2.45, 2.75) is 35.9 Å². The van der Waals surface area contributed by atoms with Gasteiger partial charge in [0.2, 0.25) is 24.1 Å². The Kier molecular flexibility index (Phi) is 5.72. The van der Waals surface area contributed by atoms with E-state index in [0.717, 1.165) is 40.8 Å². The highest BCUT2D eigenvalue weighted by Gasteiger charge is 2.25. The van der Waals surface area contributed by atoms with Crippen molar-refractivity contribution in [3.8, 4) is 11.5 Å². The van der Waals surface area contributed by atoms with Crippen LogP contribution in [0.1, 0.15) is 19.3 Å². The Hall–Kier alpha value is -2.73. The number of carboxylic acid groups (broad SMARTS) is 1. The van der Waals surface area contributed by atoms with Crippen molar-refractivity contribution >= 4 is 50.8 Å². The van der Waals surface area contributed by atoms with Crippen LogP contribution >= 0.6 is 27.7 Å². The number of nitrogen functional groups attached to an aromatic ring is 1. The second kappa shape index (κ2) is 8.66. The van der Waals surface area contributed by atoms with Gasteiger partial charge in [0.25, 0.3) is 5.65 Å². The molecule has 0 aliphatic carbocycles. The van der Waals surface area contributed by atoms with Gasteiger partial charge in [-0.05, 0) is 65.0 Å². The van der Waals surface area contributed by atoms with Crippen LogP contribution in [0.2, 0.25) is 0 Å². The van der Waals surface area contributed by atoms with E-state index < -0.39 is 6.09 Å². The number of fused-ring (bicyclic) bond motifs is 2. The van der Waals surface area contributed by atoms with Gasteiger partial charge < -0.3 is 30.2 Å². The van der Waals surface area contributed by atoms with E-state index in [0.29, 0.717) is 47.0 Å². The summed E-state index contributed by atoms with van der Waals surface area (Å²) in [5.41, 5.74) is 7.56. The van der Waals surface area contributed by atoms with Crippen molar-refractivity contribution < 1.29 is 23.9 Å². The minimum Gasteiger partial charge on any atom is -0.465 e. The van der Waals surface area contributed by atoms with Gasteiger partial charge in [-0.1, -0.05) is 9.97 Å². The minimum atomic E-state index is -0.835. The van der Waals surface area contributed by atoms with Crippen molar-refractivity contribution in [3.05, 3.63) is 22.9 Å². The summed E-state index contributed by atoms with van der Waals surface area (Å²) in [5, 5.41) is 9.82. The quantitative estimate of drug-likeness (QED) is 0.436. The van der Waals surface area contributed by atoms with Gasteiger partial charge in [0, 0.05) is 22.5 Å². The third kappa shape index (κ3) is 4.16. The van der Waals surface area contributed by atoms with Gasteiger partial charge in [-0.25, -0.2) is 9.36 Å². The van der Waals surface area contributed by atoms with Crippen LogP contribution in [0.25, 0.3) is 11.2 Å². The largest absolute Gasteiger partial charge is 0.465 e. The first-order valence-corrected chi connectivity index (χ1v) is 11.9. The lowest BCUT2D eigenvalue weighted by molar-refractivity contribution is -0.677. The summed E-state index contributed by atoms with van der Waals surface area (Å²) in [7, 11) is 0. The molecule has 32 heavy (non-hydrogen) atoms. The fourth-order valence-corrected chi connectivity index (χ4v) is 5.39. The summed E-state index contributed by atoms with van der Waals surface area (Å²) in [6, 6.07) is 3.81. The molecule has 3 aromatic rings. The zero-order valence-corrected chi connectivity index (χ0v) is 19.5. The number of nitrogens with two attached hydrogens (primary N) is 1. The molecule has 12 heteroatoms. The van der Waals surface area contributed by atoms with E-state index in [1.807, 2.05) is 16.7 Å². The highest BCUT2D eigenvalue weighted by atomic mass is 79.9. The predicted octanol–water partition coefficient (Wildman–Crippen LogP) is 3.25. The first kappa shape index (κ1) is 21.1. The Balaban J connectivity index is 1.33. The number of halogens is 1. The second-order valence-corrected chi connectivity index (χ2v) is 9.69. The number of ether oxygens (including phenoxy) is 2. The molecule has 1 amide bonds. The average molecular weight is 522 g/mol. The smallest absolute Gasteiger partial charge is 0.407 e. The molecule has 0 saturated carbocycles. The summed E-state index contributed by atoms with van der Waals surface area (Å²) in [5.74, 6) is 2.29. The molecule has 5 rings (SSSR count). The van der Waals surface area contributed by atoms with Gasteiger partial charge >= 0.3 is 6.09 Å². The van der Waals surface area contributed by atoms with Crippen LogP contribution in [0.5, 0.6) is 11.5 Å². The van der Waals surface area contributed by atoms with Crippen LogP contribution in [-0.4, -0.2) is 50.9 Å². The van der Waals surface area contributed by atoms with Crippen molar-refractivity contribution in [2.75, 3.05) is 25.6 Å². The molecule has 0 bridgehead atoms. The maximum Gasteiger partial charge on any atom is 0.407 e. The van der Waals surface area contributed by atoms with Gasteiger partial charge in [-0.3, -0.25) is 0 Å². The van der Waals surface area contributed by atoms with E-state index in [1.54, 1.807) is 6.33 Å². The highest BCUT2D eigenvalue weighted by molar-refractivity contribution is 9.10. The number of anilines is 1. The maximum absolute atomic E-state index is 11.1. The molecule has 2 aliphatic rings. The lowest BCUT2D eigenvalue weighted by Crippen LogP contribution is -2.40. The Morgan fingerprint density at radius 2 is 2.09 bits per heavy atom. The molecular weight excluding hydrogens is 500 g/mol. The number of aromatic amines is 1. The number of H-pyrrole nitrogens is 1. The molecule has 4 N–H and O–H groups in total. The zero-order valence-electron chi connectivity index (χ0n) is 17.1. The number of hydrogen-bond donors (Lipinski definition) is 3. The number of carbonyl (C=O) groups is 1. The average Bonchev–Trinajstić information content (AvgIpc) is 3.41. The van der Waals surface area contributed by atoms with Crippen molar-refractivity contribution in [1.29, 1.82) is 0 Å². The van der Waals surface area contributed by atoms with Crippen LogP contribution in [0, 0.1) is 5.92 Å². The molecule has 4 heterocycles. The van der Waals surface area contributed by atoms with Crippen LogP contribution in [0.15, 0.2) is 33.0 Å². The fraction of sp³-hybridized carbons (Fsp3) is 0.400. The van der Waals surface area contributed by atoms with Gasteiger partial charge in [0.15, 0.2) is 17.0 Å². The molecule has 0 unspecified atom stereocenters. The Morgan fingerprint density at radius 3 is 2.84 bits per heavy atom. The maximum atomic E-state index is 11.1. The lowest BCUT2D eigenvalue weighted by atomic mass is 9.94. The van der Waals surface area contributed by atoms with Crippen LogP contribution < -0.4 is 19.8 Å². The Labute approximate surface area is 196 Å². The van der Waals surface area contributed by atoms with Gasteiger partial charge in [0.05, 0.1) is 6.54 Å². The van der Waals surface area contributed by atoms with Crippen molar-refractivity contribution in [3.63, 3.8) is 0 Å². The molecule has 168 valence electrons. The van der Waals surface area contributed by atoms with Crippen LogP contribution in [0.4, 0.5) is 10.6 Å². The number of likely N-dealkylation sites (tertiary alicyclic amines) is 1. The minimum absolute atomic E-state index is 0.220. The number of nitrogens with one attached hydrogen (secondary N) is 1. The Morgan fingerprint density at radius 1 is 1.34 bits per heavy atom. The third-order valence-electron chi connectivity index (χ3n) is 5.82. The zero-order chi connectivity index (χ0) is 22.2. The summed E-state index contributed by atoms with van der Waals surface area (Å²) in [4.78, 5) is 25.9. The third-order valence-corrected chi connectivity index (χ3v) is 7.69. The number of benzene rings is 1. The van der Waals surface area contributed by atoms with Gasteiger partial charge in [0.1, 0.15) is 0 Å². The summed E-state index contributed by atoms with van der Waals surface area (Å²) < 4.78 is 13.8. The summed E-state index contributed by atoms with van der Waals surface area (Å²) >= 11 is 5.05. The van der Waals surface area contributed by atoms with Gasteiger partial charge in [-0.15, -0.1) is 0 Å². The fourth-order valence-electron chi connectivity index (χ4n) is 4.01. The van der Waals surface area contributed by atoms with Crippen molar-refractivity contribution in [1.82, 2.24) is 19.9 Å².